The van der Waals surface area contributed by atoms with Crippen LogP contribution in [0.25, 0.3) is 83.4 Å². The van der Waals surface area contributed by atoms with Crippen molar-refractivity contribution in [3.05, 3.63) is 181 Å². The summed E-state index contributed by atoms with van der Waals surface area (Å²) in [5.41, 5.74) is 12.6. The molecule has 0 fully saturated rings. The highest BCUT2D eigenvalue weighted by Crippen LogP contribution is 2.39. The van der Waals surface area contributed by atoms with Gasteiger partial charge in [0.05, 0.1) is 17.1 Å². The van der Waals surface area contributed by atoms with Gasteiger partial charge in [-0.25, -0.2) is 14.6 Å². The van der Waals surface area contributed by atoms with Crippen molar-refractivity contribution in [1.82, 2.24) is 19.7 Å². The van der Waals surface area contributed by atoms with Crippen LogP contribution in [0.3, 0.4) is 0 Å². The van der Waals surface area contributed by atoms with Crippen LogP contribution in [0.15, 0.2) is 170 Å². The molecule has 0 aliphatic carbocycles. The standard InChI is InChI=1S/C47H34N4/c1-31-25-32(2)49-47(48-31)36-23-21-33(22-24-36)38-26-39(44-29-37-17-9-10-18-41(37)42-19-11-12-20-43(42)44)28-40(27-38)51-46(35-15-7-4-8-16-35)30-45(50-51)34-13-5-3-6-14-34/h3-30H,1-2H3. The summed E-state index contributed by atoms with van der Waals surface area (Å²) in [4.78, 5) is 9.42. The summed E-state index contributed by atoms with van der Waals surface area (Å²) in [5, 5.41) is 10.2. The fraction of sp³-hybridized carbons (Fsp3) is 0.0426. The number of hydrogen-bond acceptors (Lipinski definition) is 3. The molecule has 0 amide bonds. The second-order valence-corrected chi connectivity index (χ2v) is 13.1. The number of aromatic nitrogens is 4. The summed E-state index contributed by atoms with van der Waals surface area (Å²) in [6.45, 7) is 4.02. The van der Waals surface area contributed by atoms with Crippen LogP contribution in [-0.4, -0.2) is 19.7 Å². The molecule has 2 heterocycles. The Morgan fingerprint density at radius 2 is 1.00 bits per heavy atom. The Kier molecular flexibility index (Phi) is 7.55. The quantitative estimate of drug-likeness (QED) is 0.168. The van der Waals surface area contributed by atoms with Crippen LogP contribution in [0.2, 0.25) is 0 Å². The lowest BCUT2D eigenvalue weighted by Gasteiger charge is -2.16. The van der Waals surface area contributed by atoms with Gasteiger partial charge in [-0.05, 0) is 94.0 Å². The monoisotopic (exact) mass is 654 g/mol. The van der Waals surface area contributed by atoms with Crippen molar-refractivity contribution < 1.29 is 0 Å². The van der Waals surface area contributed by atoms with Gasteiger partial charge in [0.15, 0.2) is 5.82 Å². The zero-order valence-corrected chi connectivity index (χ0v) is 28.5. The molecular formula is C47H34N4. The highest BCUT2D eigenvalue weighted by Gasteiger charge is 2.17. The maximum Gasteiger partial charge on any atom is 0.159 e. The first kappa shape index (κ1) is 30.4. The first-order valence-corrected chi connectivity index (χ1v) is 17.3. The predicted octanol–water partition coefficient (Wildman–Crippen LogP) is 11.9. The van der Waals surface area contributed by atoms with Crippen molar-refractivity contribution in [2.24, 2.45) is 0 Å². The molecule has 0 atom stereocenters. The zero-order valence-electron chi connectivity index (χ0n) is 28.5. The first-order valence-electron chi connectivity index (χ1n) is 17.3. The maximum atomic E-state index is 5.28. The largest absolute Gasteiger partial charge is 0.233 e. The number of aryl methyl sites for hydroxylation is 2. The van der Waals surface area contributed by atoms with Gasteiger partial charge in [-0.3, -0.25) is 0 Å². The molecule has 0 N–H and O–H groups in total. The first-order chi connectivity index (χ1) is 25.1. The molecule has 0 unspecified atom stereocenters. The molecule has 0 aliphatic rings. The minimum absolute atomic E-state index is 0.744. The number of fused-ring (bicyclic) bond motifs is 3. The van der Waals surface area contributed by atoms with E-state index in [1.807, 2.05) is 26.0 Å². The van der Waals surface area contributed by atoms with Gasteiger partial charge in [-0.2, -0.15) is 5.10 Å². The fourth-order valence-electron chi connectivity index (χ4n) is 7.16. The second-order valence-electron chi connectivity index (χ2n) is 13.1. The molecule has 51 heavy (non-hydrogen) atoms. The zero-order chi connectivity index (χ0) is 34.3. The molecule has 7 aromatic carbocycles. The van der Waals surface area contributed by atoms with E-state index in [-0.39, 0.29) is 0 Å². The highest BCUT2D eigenvalue weighted by molar-refractivity contribution is 6.14. The summed E-state index contributed by atoms with van der Waals surface area (Å²) in [6, 6.07) is 60.3. The van der Waals surface area contributed by atoms with Crippen LogP contribution in [0, 0.1) is 13.8 Å². The average molecular weight is 655 g/mol. The predicted molar refractivity (Wildman–Crippen MR) is 211 cm³/mol. The maximum absolute atomic E-state index is 5.28. The molecule has 0 radical (unpaired) electrons. The molecule has 9 rings (SSSR count). The normalized spacial score (nSPS) is 11.3. The van der Waals surface area contributed by atoms with Crippen LogP contribution in [0.5, 0.6) is 0 Å². The topological polar surface area (TPSA) is 43.6 Å². The molecule has 9 aromatic rings. The average Bonchev–Trinajstić information content (AvgIpc) is 3.64. The third-order valence-corrected chi connectivity index (χ3v) is 9.55. The van der Waals surface area contributed by atoms with E-state index in [1.165, 1.54) is 27.1 Å². The van der Waals surface area contributed by atoms with E-state index in [1.54, 1.807) is 0 Å². The molecule has 4 heteroatoms. The van der Waals surface area contributed by atoms with E-state index < -0.39 is 0 Å². The Balaban J connectivity index is 1.28. The van der Waals surface area contributed by atoms with E-state index in [9.17, 15) is 0 Å². The van der Waals surface area contributed by atoms with Gasteiger partial charge in [0.25, 0.3) is 0 Å². The van der Waals surface area contributed by atoms with Crippen molar-refractivity contribution in [3.63, 3.8) is 0 Å². The van der Waals surface area contributed by atoms with E-state index in [0.717, 1.165) is 67.7 Å². The van der Waals surface area contributed by atoms with Crippen LogP contribution in [-0.2, 0) is 0 Å². The fourth-order valence-corrected chi connectivity index (χ4v) is 7.16. The lowest BCUT2D eigenvalue weighted by Crippen LogP contribution is -2.01. The van der Waals surface area contributed by atoms with Crippen LogP contribution in [0.4, 0.5) is 0 Å². The van der Waals surface area contributed by atoms with E-state index >= 15 is 0 Å². The molecule has 2 aromatic heterocycles. The number of benzene rings is 7. The van der Waals surface area contributed by atoms with Gasteiger partial charge in [-0.1, -0.05) is 133 Å². The Morgan fingerprint density at radius 1 is 0.412 bits per heavy atom. The van der Waals surface area contributed by atoms with Crippen LogP contribution in [0.1, 0.15) is 11.4 Å². The summed E-state index contributed by atoms with van der Waals surface area (Å²) in [6.07, 6.45) is 0. The Morgan fingerprint density at radius 3 is 1.73 bits per heavy atom. The lowest BCUT2D eigenvalue weighted by atomic mass is 9.91. The lowest BCUT2D eigenvalue weighted by molar-refractivity contribution is 0.892. The minimum Gasteiger partial charge on any atom is -0.233 e. The van der Waals surface area contributed by atoms with E-state index in [4.69, 9.17) is 15.1 Å². The minimum atomic E-state index is 0.744. The van der Waals surface area contributed by atoms with Gasteiger partial charge in [-0.15, -0.1) is 0 Å². The molecule has 4 nitrogen and oxygen atoms in total. The van der Waals surface area contributed by atoms with E-state index in [0.29, 0.717) is 0 Å². The van der Waals surface area contributed by atoms with Crippen molar-refractivity contribution >= 4 is 21.5 Å². The Hall–Kier alpha value is -6.65. The number of hydrogen-bond donors (Lipinski definition) is 0. The molecule has 0 aliphatic heterocycles. The summed E-state index contributed by atoms with van der Waals surface area (Å²) >= 11 is 0. The third-order valence-electron chi connectivity index (χ3n) is 9.55. The van der Waals surface area contributed by atoms with Gasteiger partial charge >= 0.3 is 0 Å². The number of nitrogens with zero attached hydrogens (tertiary/aromatic N) is 4. The molecular weight excluding hydrogens is 621 g/mol. The third kappa shape index (κ3) is 5.77. The van der Waals surface area contributed by atoms with E-state index in [2.05, 4.69) is 162 Å². The number of rotatable bonds is 6. The second kappa shape index (κ2) is 12.7. The van der Waals surface area contributed by atoms with Gasteiger partial charge in [0.2, 0.25) is 0 Å². The van der Waals surface area contributed by atoms with Crippen LogP contribution >= 0.6 is 0 Å². The van der Waals surface area contributed by atoms with Gasteiger partial charge in [0, 0.05) is 28.1 Å². The molecule has 0 bridgehead atoms. The smallest absolute Gasteiger partial charge is 0.159 e. The summed E-state index contributed by atoms with van der Waals surface area (Å²) in [7, 11) is 0. The molecule has 242 valence electrons. The molecule has 0 saturated carbocycles. The van der Waals surface area contributed by atoms with Crippen molar-refractivity contribution in [2.45, 2.75) is 13.8 Å². The van der Waals surface area contributed by atoms with Crippen molar-refractivity contribution in [3.8, 4) is 61.8 Å². The molecule has 0 spiro atoms. The Bertz CT molecular complexity index is 2670. The van der Waals surface area contributed by atoms with Crippen LogP contribution < -0.4 is 0 Å². The van der Waals surface area contributed by atoms with Gasteiger partial charge in [0.1, 0.15) is 0 Å². The van der Waals surface area contributed by atoms with Crippen molar-refractivity contribution in [2.75, 3.05) is 0 Å². The Labute approximate surface area is 297 Å². The van der Waals surface area contributed by atoms with Crippen molar-refractivity contribution in [1.29, 1.82) is 0 Å². The summed E-state index contributed by atoms with van der Waals surface area (Å²) < 4.78 is 2.10. The summed E-state index contributed by atoms with van der Waals surface area (Å²) in [5.74, 6) is 0.744. The molecule has 0 saturated heterocycles. The van der Waals surface area contributed by atoms with Gasteiger partial charge < -0.3 is 0 Å². The SMILES string of the molecule is Cc1cc(C)nc(-c2ccc(-c3cc(-c4cc5ccccc5c5ccccc45)cc(-n4nc(-c5ccccc5)cc4-c4ccccc4)c3)cc2)n1. The highest BCUT2D eigenvalue weighted by atomic mass is 15.3.